The predicted molar refractivity (Wildman–Crippen MR) is 72.9 cm³/mol. The molecule has 0 aliphatic rings. The molecule has 0 fully saturated rings. The molecule has 0 aliphatic carbocycles. The molecule has 5 nitrogen and oxygen atoms in total. The van der Waals surface area contributed by atoms with Gasteiger partial charge in [0.05, 0.1) is 11.8 Å². The van der Waals surface area contributed by atoms with Crippen LogP contribution >= 0.6 is 34.2 Å². The summed E-state index contributed by atoms with van der Waals surface area (Å²) in [5, 5.41) is 19.0. The zero-order valence-corrected chi connectivity index (χ0v) is 12.3. The monoisotopic (exact) mass is 366 g/mol. The summed E-state index contributed by atoms with van der Waals surface area (Å²) in [6.07, 6.45) is 2.67. The number of nitrogens with zero attached hydrogens (tertiary/aromatic N) is 4. The lowest BCUT2D eigenvalue weighted by Crippen LogP contribution is -2.00. The van der Waals surface area contributed by atoms with Crippen LogP contribution in [0.15, 0.2) is 12.4 Å². The van der Waals surface area contributed by atoms with Crippen LogP contribution in [0, 0.1) is 3.70 Å². The third-order valence-corrected chi connectivity index (χ3v) is 3.78. The van der Waals surface area contributed by atoms with Gasteiger partial charge in [0.15, 0.2) is 0 Å². The molecular weight excluding hydrogens is 354 g/mol. The summed E-state index contributed by atoms with van der Waals surface area (Å²) in [6.45, 7) is 2.76. The maximum absolute atomic E-state index is 10.3. The second-order valence-corrected chi connectivity index (χ2v) is 5.03. The number of aliphatic hydroxyl groups is 1. The van der Waals surface area contributed by atoms with Crippen LogP contribution in [0.1, 0.15) is 24.2 Å². The first-order valence-corrected chi connectivity index (χ1v) is 6.58. The minimum atomic E-state index is -0.789. The first-order chi connectivity index (χ1) is 8.04. The van der Waals surface area contributed by atoms with Crippen molar-refractivity contribution in [2.45, 2.75) is 19.6 Å². The van der Waals surface area contributed by atoms with Gasteiger partial charge in [0.1, 0.15) is 15.0 Å². The van der Waals surface area contributed by atoms with Crippen LogP contribution in [0.25, 0.3) is 0 Å². The summed E-state index contributed by atoms with van der Waals surface area (Å²) < 4.78 is 4.01. The summed E-state index contributed by atoms with van der Waals surface area (Å²) in [5.41, 5.74) is 1.35. The summed E-state index contributed by atoms with van der Waals surface area (Å²) in [7, 11) is 1.75. The van der Waals surface area contributed by atoms with E-state index in [1.165, 1.54) is 0 Å². The third kappa shape index (κ3) is 2.34. The molecule has 1 unspecified atom stereocenters. The van der Waals surface area contributed by atoms with Gasteiger partial charge < -0.3 is 5.11 Å². The Labute approximate surface area is 118 Å². The molecule has 0 bridgehead atoms. The fourth-order valence-corrected chi connectivity index (χ4v) is 2.84. The molecule has 7 heteroatoms. The number of aryl methyl sites for hydroxylation is 2. The quantitative estimate of drug-likeness (QED) is 0.845. The zero-order valence-electron chi connectivity index (χ0n) is 9.43. The van der Waals surface area contributed by atoms with Gasteiger partial charge in [-0.25, -0.2) is 0 Å². The van der Waals surface area contributed by atoms with Crippen molar-refractivity contribution >= 4 is 34.2 Å². The first kappa shape index (κ1) is 12.8. The molecule has 0 aromatic carbocycles. The third-order valence-electron chi connectivity index (χ3n) is 2.53. The highest BCUT2D eigenvalue weighted by atomic mass is 127. The Hall–Kier alpha value is -0.600. The normalized spacial score (nSPS) is 13.0. The van der Waals surface area contributed by atoms with Crippen molar-refractivity contribution in [3.8, 4) is 0 Å². The fourth-order valence-electron chi connectivity index (χ4n) is 1.57. The molecule has 92 valence electrons. The van der Waals surface area contributed by atoms with E-state index < -0.39 is 6.10 Å². The molecule has 0 saturated carbocycles. The van der Waals surface area contributed by atoms with Crippen molar-refractivity contribution in [1.82, 2.24) is 19.6 Å². The van der Waals surface area contributed by atoms with E-state index in [9.17, 15) is 5.11 Å². The van der Waals surface area contributed by atoms with E-state index >= 15 is 0 Å². The zero-order chi connectivity index (χ0) is 12.6. The van der Waals surface area contributed by atoms with Crippen molar-refractivity contribution in [2.75, 3.05) is 0 Å². The van der Waals surface area contributed by atoms with E-state index in [4.69, 9.17) is 11.6 Å². The van der Waals surface area contributed by atoms with E-state index in [0.29, 0.717) is 14.4 Å². The number of hydrogen-bond acceptors (Lipinski definition) is 3. The average molecular weight is 367 g/mol. The maximum Gasteiger partial charge on any atom is 0.133 e. The number of rotatable bonds is 3. The maximum atomic E-state index is 10.3. The Bertz CT molecular complexity index is 536. The van der Waals surface area contributed by atoms with Gasteiger partial charge >= 0.3 is 0 Å². The minimum Gasteiger partial charge on any atom is -0.383 e. The molecule has 0 aliphatic heterocycles. The fraction of sp³-hybridized carbons (Fsp3) is 0.400. The van der Waals surface area contributed by atoms with Crippen LogP contribution in [0.5, 0.6) is 0 Å². The lowest BCUT2D eigenvalue weighted by molar-refractivity contribution is 0.219. The lowest BCUT2D eigenvalue weighted by Gasteiger charge is -2.07. The molecule has 2 aromatic heterocycles. The number of aliphatic hydroxyl groups excluding tert-OH is 1. The smallest absolute Gasteiger partial charge is 0.133 e. The van der Waals surface area contributed by atoms with Crippen molar-refractivity contribution in [3.05, 3.63) is 32.4 Å². The van der Waals surface area contributed by atoms with E-state index in [2.05, 4.69) is 32.8 Å². The van der Waals surface area contributed by atoms with Crippen LogP contribution in [0.2, 0.25) is 5.15 Å². The van der Waals surface area contributed by atoms with Crippen LogP contribution in [0.3, 0.4) is 0 Å². The van der Waals surface area contributed by atoms with Crippen LogP contribution in [0.4, 0.5) is 0 Å². The predicted octanol–water partition coefficient (Wildman–Crippen LogP) is 1.98. The molecule has 1 atom stereocenters. The van der Waals surface area contributed by atoms with Crippen molar-refractivity contribution in [2.24, 2.45) is 7.05 Å². The first-order valence-electron chi connectivity index (χ1n) is 5.13. The van der Waals surface area contributed by atoms with E-state index in [0.717, 1.165) is 12.1 Å². The Morgan fingerprint density at radius 1 is 1.59 bits per heavy atom. The molecule has 17 heavy (non-hydrogen) atoms. The number of hydrogen-bond donors (Lipinski definition) is 1. The van der Waals surface area contributed by atoms with E-state index in [1.807, 2.05) is 13.1 Å². The molecule has 2 aromatic rings. The topological polar surface area (TPSA) is 55.9 Å². The van der Waals surface area contributed by atoms with Gasteiger partial charge in [-0.2, -0.15) is 10.2 Å². The van der Waals surface area contributed by atoms with Gasteiger partial charge in [0.2, 0.25) is 0 Å². The van der Waals surface area contributed by atoms with Gasteiger partial charge in [-0.05, 0) is 29.5 Å². The summed E-state index contributed by atoms with van der Waals surface area (Å²) >= 11 is 8.17. The Balaban J connectivity index is 2.39. The van der Waals surface area contributed by atoms with Crippen molar-refractivity contribution in [1.29, 1.82) is 0 Å². The summed E-state index contributed by atoms with van der Waals surface area (Å²) in [6, 6.07) is 0. The van der Waals surface area contributed by atoms with Crippen molar-refractivity contribution in [3.63, 3.8) is 0 Å². The molecule has 2 rings (SSSR count). The Morgan fingerprint density at radius 3 is 2.76 bits per heavy atom. The standard InChI is InChI=1S/C10H12ClIN4O/c1-3-16-5-6(4-13-16)8(17)7-9(11)15(2)14-10(7)12/h4-5,8,17H,3H2,1-2H3. The number of aromatic nitrogens is 4. The summed E-state index contributed by atoms with van der Waals surface area (Å²) in [5.74, 6) is 0. The SMILES string of the molecule is CCn1cc(C(O)c2c(I)nn(C)c2Cl)cn1. The highest BCUT2D eigenvalue weighted by molar-refractivity contribution is 14.1. The van der Waals surface area contributed by atoms with Crippen LogP contribution < -0.4 is 0 Å². The Kier molecular flexibility index (Phi) is 3.74. The highest BCUT2D eigenvalue weighted by Crippen LogP contribution is 2.31. The van der Waals surface area contributed by atoms with Gasteiger partial charge in [-0.15, -0.1) is 0 Å². The molecule has 0 amide bonds. The van der Waals surface area contributed by atoms with E-state index in [1.54, 1.807) is 22.6 Å². The molecule has 2 heterocycles. The molecule has 1 N–H and O–H groups in total. The van der Waals surface area contributed by atoms with E-state index in [-0.39, 0.29) is 0 Å². The van der Waals surface area contributed by atoms with Crippen LogP contribution in [-0.4, -0.2) is 24.7 Å². The molecule has 0 spiro atoms. The second kappa shape index (κ2) is 4.95. The van der Waals surface area contributed by atoms with Gasteiger partial charge in [0, 0.05) is 25.4 Å². The molecular formula is C10H12ClIN4O. The average Bonchev–Trinajstić information content (AvgIpc) is 2.85. The van der Waals surface area contributed by atoms with Gasteiger partial charge in [0.25, 0.3) is 0 Å². The van der Waals surface area contributed by atoms with Gasteiger partial charge in [-0.3, -0.25) is 9.36 Å². The Morgan fingerprint density at radius 2 is 2.29 bits per heavy atom. The number of halogens is 2. The van der Waals surface area contributed by atoms with Crippen LogP contribution in [-0.2, 0) is 13.6 Å². The van der Waals surface area contributed by atoms with Gasteiger partial charge in [-0.1, -0.05) is 11.6 Å². The molecule has 0 radical (unpaired) electrons. The minimum absolute atomic E-state index is 0.450. The largest absolute Gasteiger partial charge is 0.383 e. The molecule has 0 saturated heterocycles. The lowest BCUT2D eigenvalue weighted by atomic mass is 10.1. The summed E-state index contributed by atoms with van der Waals surface area (Å²) in [4.78, 5) is 0. The second-order valence-electron chi connectivity index (χ2n) is 3.65. The highest BCUT2D eigenvalue weighted by Gasteiger charge is 2.22. The van der Waals surface area contributed by atoms with Crippen molar-refractivity contribution < 1.29 is 5.11 Å².